The third-order valence-electron chi connectivity index (χ3n) is 4.31. The average Bonchev–Trinajstić information content (AvgIpc) is 2.52. The molecule has 2 aliphatic rings. The topological polar surface area (TPSA) is 20.3 Å². The molecule has 0 spiro atoms. The van der Waals surface area contributed by atoms with Crippen LogP contribution >= 0.6 is 0 Å². The Labute approximate surface area is 121 Å². The monoisotopic (exact) mass is 269 g/mol. The van der Waals surface area contributed by atoms with Gasteiger partial charge in [-0.1, -0.05) is 12.1 Å². The molecular formula is C18H23NO. The van der Waals surface area contributed by atoms with E-state index in [0.29, 0.717) is 6.42 Å². The second kappa shape index (κ2) is 4.76. The molecule has 0 fully saturated rings. The molecule has 1 aromatic rings. The van der Waals surface area contributed by atoms with E-state index in [9.17, 15) is 4.79 Å². The highest BCUT2D eigenvalue weighted by atomic mass is 16.1. The van der Waals surface area contributed by atoms with Gasteiger partial charge in [-0.3, -0.25) is 4.79 Å². The normalized spacial score (nSPS) is 19.6. The standard InChI is InChI=1S/C18H23NO/c1-18(2,3)19-15-10-6-4-8-13(15)12-17(20)14-9-5-7-11-16(14)19/h5,7,9,11H,4,6,8,10,12H2,1-3H3. The molecule has 1 aliphatic carbocycles. The Bertz CT molecular complexity index is 577. The number of fused-ring (bicyclic) bond motifs is 1. The summed E-state index contributed by atoms with van der Waals surface area (Å²) in [5, 5.41) is 0. The van der Waals surface area contributed by atoms with E-state index in [2.05, 4.69) is 31.7 Å². The van der Waals surface area contributed by atoms with Crippen molar-refractivity contribution in [2.45, 2.75) is 58.4 Å². The first kappa shape index (κ1) is 13.4. The second-order valence-electron chi connectivity index (χ2n) is 6.88. The minimum absolute atomic E-state index is 0.00134. The Kier molecular flexibility index (Phi) is 3.19. The summed E-state index contributed by atoms with van der Waals surface area (Å²) in [5.41, 5.74) is 4.75. The molecule has 1 aromatic carbocycles. The van der Waals surface area contributed by atoms with Gasteiger partial charge in [0.25, 0.3) is 0 Å². The molecule has 2 heteroatoms. The zero-order chi connectivity index (χ0) is 14.3. The zero-order valence-electron chi connectivity index (χ0n) is 12.7. The molecule has 0 atom stereocenters. The van der Waals surface area contributed by atoms with Crippen molar-refractivity contribution in [2.24, 2.45) is 0 Å². The number of allylic oxidation sites excluding steroid dienone is 2. The van der Waals surface area contributed by atoms with Crippen LogP contribution in [0.5, 0.6) is 0 Å². The van der Waals surface area contributed by atoms with Gasteiger partial charge in [-0.2, -0.15) is 0 Å². The minimum atomic E-state index is -0.00134. The van der Waals surface area contributed by atoms with Crippen LogP contribution in [0.15, 0.2) is 35.5 Å². The van der Waals surface area contributed by atoms with Crippen molar-refractivity contribution >= 4 is 11.5 Å². The third-order valence-corrected chi connectivity index (χ3v) is 4.31. The molecule has 1 heterocycles. The van der Waals surface area contributed by atoms with Gasteiger partial charge in [-0.05, 0) is 64.2 Å². The number of ketones is 1. The number of nitrogens with zero attached hydrogens (tertiary/aromatic N) is 1. The fraction of sp³-hybridized carbons (Fsp3) is 0.500. The number of Topliss-reactive ketones (excluding diaryl/α,β-unsaturated/α-hetero) is 1. The van der Waals surface area contributed by atoms with E-state index in [1.54, 1.807) is 0 Å². The average molecular weight is 269 g/mol. The van der Waals surface area contributed by atoms with Crippen LogP contribution < -0.4 is 4.90 Å². The van der Waals surface area contributed by atoms with E-state index in [-0.39, 0.29) is 11.3 Å². The summed E-state index contributed by atoms with van der Waals surface area (Å²) in [4.78, 5) is 15.0. The molecule has 0 unspecified atom stereocenters. The molecule has 20 heavy (non-hydrogen) atoms. The molecule has 0 radical (unpaired) electrons. The number of hydrogen-bond donors (Lipinski definition) is 0. The van der Waals surface area contributed by atoms with Crippen LogP contribution in [0, 0.1) is 0 Å². The van der Waals surface area contributed by atoms with Crippen LogP contribution in [-0.2, 0) is 0 Å². The predicted octanol–water partition coefficient (Wildman–Crippen LogP) is 4.71. The number of carbonyl (C=O) groups excluding carboxylic acids is 1. The lowest BCUT2D eigenvalue weighted by Crippen LogP contribution is -2.42. The number of rotatable bonds is 0. The van der Waals surface area contributed by atoms with Gasteiger partial charge >= 0.3 is 0 Å². The lowest BCUT2D eigenvalue weighted by atomic mass is 9.91. The Hall–Kier alpha value is -1.57. The van der Waals surface area contributed by atoms with Crippen molar-refractivity contribution in [1.82, 2.24) is 0 Å². The fourth-order valence-electron chi connectivity index (χ4n) is 3.52. The Morgan fingerprint density at radius 1 is 1.05 bits per heavy atom. The van der Waals surface area contributed by atoms with Gasteiger partial charge in [0.1, 0.15) is 0 Å². The smallest absolute Gasteiger partial charge is 0.169 e. The fourth-order valence-corrected chi connectivity index (χ4v) is 3.52. The van der Waals surface area contributed by atoms with Crippen molar-refractivity contribution < 1.29 is 4.79 Å². The highest BCUT2D eigenvalue weighted by molar-refractivity contribution is 6.04. The van der Waals surface area contributed by atoms with Crippen molar-refractivity contribution in [3.63, 3.8) is 0 Å². The van der Waals surface area contributed by atoms with Crippen LogP contribution in [0.2, 0.25) is 0 Å². The maximum absolute atomic E-state index is 12.6. The SMILES string of the molecule is CC(C)(C)N1C2=C(CCCC2)CC(=O)c2ccccc21. The summed E-state index contributed by atoms with van der Waals surface area (Å²) >= 11 is 0. The van der Waals surface area contributed by atoms with E-state index in [0.717, 1.165) is 24.1 Å². The Morgan fingerprint density at radius 2 is 1.75 bits per heavy atom. The summed E-state index contributed by atoms with van der Waals surface area (Å²) in [5.74, 6) is 0.279. The lowest BCUT2D eigenvalue weighted by Gasteiger charge is -2.41. The Balaban J connectivity index is 2.23. The molecule has 0 N–H and O–H groups in total. The summed E-state index contributed by atoms with van der Waals surface area (Å²) in [6.45, 7) is 6.70. The van der Waals surface area contributed by atoms with Crippen LogP contribution in [-0.4, -0.2) is 11.3 Å². The van der Waals surface area contributed by atoms with Crippen LogP contribution in [0.4, 0.5) is 5.69 Å². The van der Waals surface area contributed by atoms with Gasteiger partial charge in [0.15, 0.2) is 5.78 Å². The van der Waals surface area contributed by atoms with E-state index in [4.69, 9.17) is 0 Å². The van der Waals surface area contributed by atoms with Crippen LogP contribution in [0.3, 0.4) is 0 Å². The van der Waals surface area contributed by atoms with Gasteiger partial charge < -0.3 is 4.90 Å². The molecule has 3 rings (SSSR count). The van der Waals surface area contributed by atoms with E-state index >= 15 is 0 Å². The molecule has 0 amide bonds. The van der Waals surface area contributed by atoms with Gasteiger partial charge in [-0.15, -0.1) is 0 Å². The van der Waals surface area contributed by atoms with Crippen LogP contribution in [0.1, 0.15) is 63.2 Å². The molecule has 0 saturated carbocycles. The molecular weight excluding hydrogens is 246 g/mol. The molecule has 106 valence electrons. The quantitative estimate of drug-likeness (QED) is 0.680. The number of para-hydroxylation sites is 1. The molecule has 0 aromatic heterocycles. The number of carbonyl (C=O) groups is 1. The van der Waals surface area contributed by atoms with Gasteiger partial charge in [0, 0.05) is 23.2 Å². The maximum Gasteiger partial charge on any atom is 0.169 e. The van der Waals surface area contributed by atoms with Gasteiger partial charge in [0.05, 0.1) is 5.69 Å². The maximum atomic E-state index is 12.6. The van der Waals surface area contributed by atoms with Crippen molar-refractivity contribution in [1.29, 1.82) is 0 Å². The van der Waals surface area contributed by atoms with Gasteiger partial charge in [0.2, 0.25) is 0 Å². The van der Waals surface area contributed by atoms with Crippen LogP contribution in [0.25, 0.3) is 0 Å². The predicted molar refractivity (Wildman–Crippen MR) is 83.1 cm³/mol. The first-order valence-electron chi connectivity index (χ1n) is 7.62. The summed E-state index contributed by atoms with van der Waals surface area (Å²) in [6, 6.07) is 8.10. The summed E-state index contributed by atoms with van der Waals surface area (Å²) in [7, 11) is 0. The van der Waals surface area contributed by atoms with E-state index in [1.807, 2.05) is 18.2 Å². The molecule has 1 aliphatic heterocycles. The zero-order valence-corrected chi connectivity index (χ0v) is 12.7. The van der Waals surface area contributed by atoms with E-state index < -0.39 is 0 Å². The van der Waals surface area contributed by atoms with Crippen molar-refractivity contribution in [3.05, 3.63) is 41.1 Å². The third kappa shape index (κ3) is 2.17. The number of hydrogen-bond acceptors (Lipinski definition) is 2. The lowest BCUT2D eigenvalue weighted by molar-refractivity contribution is 0.0993. The van der Waals surface area contributed by atoms with E-state index in [1.165, 1.54) is 24.1 Å². The Morgan fingerprint density at radius 3 is 2.50 bits per heavy atom. The highest BCUT2D eigenvalue weighted by Gasteiger charge is 2.34. The first-order chi connectivity index (χ1) is 9.48. The van der Waals surface area contributed by atoms with Crippen molar-refractivity contribution in [2.75, 3.05) is 4.90 Å². The van der Waals surface area contributed by atoms with Crippen molar-refractivity contribution in [3.8, 4) is 0 Å². The molecule has 0 bridgehead atoms. The number of benzene rings is 1. The summed E-state index contributed by atoms with van der Waals surface area (Å²) < 4.78 is 0. The number of anilines is 1. The molecule has 0 saturated heterocycles. The largest absolute Gasteiger partial charge is 0.339 e. The highest BCUT2D eigenvalue weighted by Crippen LogP contribution is 2.41. The first-order valence-corrected chi connectivity index (χ1v) is 7.62. The molecule has 2 nitrogen and oxygen atoms in total. The summed E-state index contributed by atoms with van der Waals surface area (Å²) in [6.07, 6.45) is 5.26. The van der Waals surface area contributed by atoms with Gasteiger partial charge in [-0.25, -0.2) is 0 Å². The minimum Gasteiger partial charge on any atom is -0.339 e. The second-order valence-corrected chi connectivity index (χ2v) is 6.88.